The molecule has 0 radical (unpaired) electrons. The average Bonchev–Trinajstić information content (AvgIpc) is 1.94. The Bertz CT molecular complexity index is 176. The first-order valence-corrected chi connectivity index (χ1v) is 5.14. The summed E-state index contributed by atoms with van der Waals surface area (Å²) in [6.45, 7) is 4.83. The van der Waals surface area contributed by atoms with Crippen LogP contribution in [-0.4, -0.2) is 17.5 Å². The van der Waals surface area contributed by atoms with Gasteiger partial charge < -0.3 is 0 Å². The number of nitrogens with two attached hydrogens (primary N) is 1. The van der Waals surface area contributed by atoms with E-state index in [0.29, 0.717) is 18.3 Å². The highest BCUT2D eigenvalue weighted by Crippen LogP contribution is 2.26. The smallest absolute Gasteiger partial charge is 0.236 e. The molecule has 0 saturated heterocycles. The molecule has 0 atom stereocenters. The van der Waals surface area contributed by atoms with Crippen molar-refractivity contribution >= 4 is 5.91 Å². The number of nitrogens with zero attached hydrogens (tertiary/aromatic N) is 1. The van der Waals surface area contributed by atoms with Gasteiger partial charge in [0.25, 0.3) is 0 Å². The summed E-state index contributed by atoms with van der Waals surface area (Å²) in [6.07, 6.45) is 4.35. The third-order valence-electron chi connectivity index (χ3n) is 2.58. The van der Waals surface area contributed by atoms with E-state index >= 15 is 0 Å². The molecule has 1 fully saturated rings. The third-order valence-corrected chi connectivity index (χ3v) is 2.58. The van der Waals surface area contributed by atoms with Crippen molar-refractivity contribution in [2.24, 2.45) is 17.7 Å². The van der Waals surface area contributed by atoms with Gasteiger partial charge in [0.15, 0.2) is 0 Å². The first-order chi connectivity index (χ1) is 6.09. The number of rotatable bonds is 4. The third kappa shape index (κ3) is 3.35. The molecule has 0 heterocycles. The van der Waals surface area contributed by atoms with E-state index in [-0.39, 0.29) is 5.91 Å². The summed E-state index contributed by atoms with van der Waals surface area (Å²) >= 11 is 0. The quantitative estimate of drug-likeness (QED) is 0.409. The minimum Gasteiger partial charge on any atom is -0.280 e. The van der Waals surface area contributed by atoms with Crippen LogP contribution in [0.2, 0.25) is 0 Å². The molecule has 1 aliphatic carbocycles. The van der Waals surface area contributed by atoms with Crippen LogP contribution in [0, 0.1) is 11.8 Å². The van der Waals surface area contributed by atoms with Gasteiger partial charge >= 0.3 is 0 Å². The lowest BCUT2D eigenvalue weighted by molar-refractivity contribution is -0.133. The fourth-order valence-electron chi connectivity index (χ4n) is 1.52. The zero-order chi connectivity index (χ0) is 9.84. The van der Waals surface area contributed by atoms with Crippen molar-refractivity contribution in [1.82, 2.24) is 5.01 Å². The van der Waals surface area contributed by atoms with Gasteiger partial charge in [0.2, 0.25) is 5.91 Å². The molecule has 0 aromatic rings. The molecule has 1 aliphatic rings. The van der Waals surface area contributed by atoms with Crippen LogP contribution in [0.4, 0.5) is 0 Å². The van der Waals surface area contributed by atoms with E-state index in [4.69, 9.17) is 5.84 Å². The van der Waals surface area contributed by atoms with E-state index in [1.165, 1.54) is 24.3 Å². The Balaban J connectivity index is 2.20. The molecule has 2 N–H and O–H groups in total. The SMILES string of the molecule is CC(C)CC(=O)N(N)CC1CCC1. The molecular weight excluding hydrogens is 164 g/mol. The van der Waals surface area contributed by atoms with Gasteiger partial charge in [0, 0.05) is 13.0 Å². The molecule has 76 valence electrons. The Hall–Kier alpha value is -0.570. The second-order valence-corrected chi connectivity index (χ2v) is 4.44. The molecule has 0 aliphatic heterocycles. The van der Waals surface area contributed by atoms with Crippen LogP contribution >= 0.6 is 0 Å². The zero-order valence-electron chi connectivity index (χ0n) is 8.62. The first-order valence-electron chi connectivity index (χ1n) is 5.14. The van der Waals surface area contributed by atoms with Crippen LogP contribution in [0.3, 0.4) is 0 Å². The summed E-state index contributed by atoms with van der Waals surface area (Å²) in [7, 11) is 0. The van der Waals surface area contributed by atoms with Crippen LogP contribution in [0.25, 0.3) is 0 Å². The highest BCUT2D eigenvalue weighted by atomic mass is 16.2. The van der Waals surface area contributed by atoms with Gasteiger partial charge in [-0.1, -0.05) is 20.3 Å². The van der Waals surface area contributed by atoms with E-state index in [2.05, 4.69) is 0 Å². The fraction of sp³-hybridized carbons (Fsp3) is 0.900. The summed E-state index contributed by atoms with van der Waals surface area (Å²) in [5.41, 5.74) is 0. The molecule has 1 rings (SSSR count). The molecule has 1 amide bonds. The lowest BCUT2D eigenvalue weighted by atomic mass is 9.85. The Morgan fingerprint density at radius 1 is 1.54 bits per heavy atom. The van der Waals surface area contributed by atoms with Crippen LogP contribution in [0.1, 0.15) is 39.5 Å². The molecule has 0 aromatic heterocycles. The van der Waals surface area contributed by atoms with E-state index in [1.807, 2.05) is 13.8 Å². The zero-order valence-corrected chi connectivity index (χ0v) is 8.62. The van der Waals surface area contributed by atoms with Gasteiger partial charge in [-0.05, 0) is 24.7 Å². The van der Waals surface area contributed by atoms with E-state index < -0.39 is 0 Å². The van der Waals surface area contributed by atoms with E-state index in [9.17, 15) is 4.79 Å². The molecule has 13 heavy (non-hydrogen) atoms. The highest BCUT2D eigenvalue weighted by molar-refractivity contribution is 5.75. The minimum absolute atomic E-state index is 0.0851. The van der Waals surface area contributed by atoms with Crippen molar-refractivity contribution in [3.63, 3.8) is 0 Å². The topological polar surface area (TPSA) is 46.3 Å². The largest absolute Gasteiger partial charge is 0.280 e. The van der Waals surface area contributed by atoms with Crippen LogP contribution < -0.4 is 5.84 Å². The summed E-state index contributed by atoms with van der Waals surface area (Å²) in [5.74, 6) is 6.82. The van der Waals surface area contributed by atoms with Gasteiger partial charge in [-0.3, -0.25) is 9.80 Å². The molecule has 0 spiro atoms. The van der Waals surface area contributed by atoms with Crippen molar-refractivity contribution in [3.8, 4) is 0 Å². The average molecular weight is 184 g/mol. The Morgan fingerprint density at radius 3 is 2.54 bits per heavy atom. The first kappa shape index (κ1) is 10.5. The molecule has 3 heteroatoms. The van der Waals surface area contributed by atoms with Crippen molar-refractivity contribution < 1.29 is 4.79 Å². The van der Waals surface area contributed by atoms with Gasteiger partial charge in [-0.2, -0.15) is 0 Å². The molecule has 3 nitrogen and oxygen atoms in total. The lowest BCUT2D eigenvalue weighted by Gasteiger charge is -2.29. The van der Waals surface area contributed by atoms with Gasteiger partial charge in [0.05, 0.1) is 0 Å². The number of carbonyl (C=O) groups excluding carboxylic acids is 1. The number of hydrogen-bond donors (Lipinski definition) is 1. The van der Waals surface area contributed by atoms with Crippen molar-refractivity contribution in [2.45, 2.75) is 39.5 Å². The number of hydrazine groups is 1. The maximum absolute atomic E-state index is 11.4. The number of carbonyl (C=O) groups is 1. The lowest BCUT2D eigenvalue weighted by Crippen LogP contribution is -2.42. The molecule has 0 aromatic carbocycles. The minimum atomic E-state index is 0.0851. The van der Waals surface area contributed by atoms with Gasteiger partial charge in [-0.15, -0.1) is 0 Å². The summed E-state index contributed by atoms with van der Waals surface area (Å²) in [5, 5.41) is 1.41. The van der Waals surface area contributed by atoms with Crippen LogP contribution in [0.5, 0.6) is 0 Å². The molecule has 0 unspecified atom stereocenters. The number of hydrogen-bond acceptors (Lipinski definition) is 2. The summed E-state index contributed by atoms with van der Waals surface area (Å²) in [4.78, 5) is 11.4. The monoisotopic (exact) mass is 184 g/mol. The normalized spacial score (nSPS) is 17.2. The fourth-order valence-corrected chi connectivity index (χ4v) is 1.52. The Morgan fingerprint density at radius 2 is 2.15 bits per heavy atom. The Labute approximate surface area is 80.2 Å². The highest BCUT2D eigenvalue weighted by Gasteiger charge is 2.21. The standard InChI is InChI=1S/C10H20N2O/c1-8(2)6-10(13)12(11)7-9-4-3-5-9/h8-9H,3-7,11H2,1-2H3. The van der Waals surface area contributed by atoms with Gasteiger partial charge in [-0.25, -0.2) is 5.84 Å². The second kappa shape index (κ2) is 4.61. The van der Waals surface area contributed by atoms with E-state index in [1.54, 1.807) is 0 Å². The number of amides is 1. The second-order valence-electron chi connectivity index (χ2n) is 4.44. The Kier molecular flexibility index (Phi) is 3.72. The van der Waals surface area contributed by atoms with Crippen LogP contribution in [-0.2, 0) is 4.79 Å². The van der Waals surface area contributed by atoms with Crippen molar-refractivity contribution in [2.75, 3.05) is 6.54 Å². The predicted octanol–water partition coefficient (Wildman–Crippen LogP) is 1.53. The van der Waals surface area contributed by atoms with E-state index in [0.717, 1.165) is 6.54 Å². The maximum Gasteiger partial charge on any atom is 0.236 e. The molecular formula is C10H20N2O. The van der Waals surface area contributed by atoms with Crippen LogP contribution in [0.15, 0.2) is 0 Å². The predicted molar refractivity (Wildman–Crippen MR) is 52.7 cm³/mol. The van der Waals surface area contributed by atoms with Crippen molar-refractivity contribution in [1.29, 1.82) is 0 Å². The molecule has 0 bridgehead atoms. The van der Waals surface area contributed by atoms with Crippen molar-refractivity contribution in [3.05, 3.63) is 0 Å². The molecule has 1 saturated carbocycles. The summed E-state index contributed by atoms with van der Waals surface area (Å²) in [6, 6.07) is 0. The maximum atomic E-state index is 11.4. The van der Waals surface area contributed by atoms with Gasteiger partial charge in [0.1, 0.15) is 0 Å². The summed E-state index contributed by atoms with van der Waals surface area (Å²) < 4.78 is 0.